The smallest absolute Gasteiger partial charge is 0.271 e. The molecule has 13 heteroatoms. The minimum absolute atomic E-state index is 0.0464. The number of para-hydroxylation sites is 1. The summed E-state index contributed by atoms with van der Waals surface area (Å²) in [5.41, 5.74) is 0.874. The lowest BCUT2D eigenvalue weighted by molar-refractivity contribution is 0.102. The van der Waals surface area contributed by atoms with E-state index in [0.29, 0.717) is 0 Å². The monoisotopic (exact) mass is 581 g/mol. The van der Waals surface area contributed by atoms with Gasteiger partial charge in [0.15, 0.2) is 0 Å². The molecular weight excluding hydrogens is 565 g/mol. The molecule has 1 aromatic heterocycles. The fraction of sp³-hybridized carbons (Fsp3) is 0. The number of amides is 1. The van der Waals surface area contributed by atoms with E-state index in [1.807, 2.05) is 0 Å². The highest BCUT2D eigenvalue weighted by Crippen LogP contribution is 2.29. The van der Waals surface area contributed by atoms with E-state index < -0.39 is 26.0 Å². The molecule has 0 radical (unpaired) electrons. The molecule has 186 valence electrons. The Morgan fingerprint density at radius 1 is 0.722 bits per heavy atom. The second-order valence-electron chi connectivity index (χ2n) is 7.30. The number of carbonyl (C=O) groups excluding carboxylic acids is 1. The molecule has 0 saturated carbocycles. The van der Waals surface area contributed by atoms with Crippen LogP contribution in [0, 0.1) is 0 Å². The van der Waals surface area contributed by atoms with Crippen molar-refractivity contribution in [2.24, 2.45) is 0 Å². The minimum Gasteiger partial charge on any atom is -0.322 e. The van der Waals surface area contributed by atoms with Crippen LogP contribution in [0.15, 0.2) is 93.3 Å². The summed E-state index contributed by atoms with van der Waals surface area (Å²) in [6.07, 6.45) is 0. The Hall–Kier alpha value is -3.09. The van der Waals surface area contributed by atoms with Crippen LogP contribution in [0.4, 0.5) is 17.1 Å². The van der Waals surface area contributed by atoms with Gasteiger partial charge in [-0.05, 0) is 66.0 Å². The number of sulfonamides is 2. The highest BCUT2D eigenvalue weighted by molar-refractivity contribution is 7.94. The van der Waals surface area contributed by atoms with Crippen molar-refractivity contribution in [1.82, 2.24) is 0 Å². The van der Waals surface area contributed by atoms with Gasteiger partial charge in [0, 0.05) is 16.9 Å². The van der Waals surface area contributed by atoms with Crippen LogP contribution in [0.25, 0.3) is 0 Å². The highest BCUT2D eigenvalue weighted by atomic mass is 35.5. The average molecular weight is 583 g/mol. The van der Waals surface area contributed by atoms with Crippen LogP contribution < -0.4 is 14.8 Å². The van der Waals surface area contributed by atoms with Crippen LogP contribution in [-0.2, 0) is 20.0 Å². The third-order valence-electron chi connectivity index (χ3n) is 4.76. The number of thiophene rings is 1. The first-order valence-electron chi connectivity index (χ1n) is 10.1. The van der Waals surface area contributed by atoms with E-state index in [0.717, 1.165) is 11.3 Å². The van der Waals surface area contributed by atoms with Gasteiger partial charge in [0.05, 0.1) is 15.7 Å². The summed E-state index contributed by atoms with van der Waals surface area (Å²) >= 11 is 13.3. The molecule has 0 aliphatic heterocycles. The van der Waals surface area contributed by atoms with Crippen LogP contribution in [0.1, 0.15) is 10.4 Å². The summed E-state index contributed by atoms with van der Waals surface area (Å²) in [6.45, 7) is 0. The molecule has 1 heterocycles. The molecular formula is C23H17Cl2N3O5S3. The number of anilines is 3. The molecule has 4 aromatic rings. The Morgan fingerprint density at radius 2 is 1.42 bits per heavy atom. The molecule has 4 rings (SSSR count). The highest BCUT2D eigenvalue weighted by Gasteiger charge is 2.21. The van der Waals surface area contributed by atoms with Gasteiger partial charge in [0.25, 0.3) is 26.0 Å². The number of benzene rings is 3. The molecule has 0 aliphatic carbocycles. The molecule has 0 atom stereocenters. The topological polar surface area (TPSA) is 121 Å². The van der Waals surface area contributed by atoms with Crippen molar-refractivity contribution in [3.63, 3.8) is 0 Å². The summed E-state index contributed by atoms with van der Waals surface area (Å²) in [6, 6.07) is 19.3. The Morgan fingerprint density at radius 3 is 2.08 bits per heavy atom. The lowest BCUT2D eigenvalue weighted by Gasteiger charge is -2.13. The van der Waals surface area contributed by atoms with E-state index in [9.17, 15) is 21.6 Å². The molecule has 0 saturated heterocycles. The molecule has 0 fully saturated rings. The standard InChI is InChI=1S/C23H17Cl2N3O5S3/c24-18-4-1-2-5-20(18)28-35(30,31)21-14-17(11-12-19(21)25)26-23(29)15-7-9-16(10-8-15)27-36(32,33)22-6-3-13-34-22/h1-14,27-28H,(H,26,29). The Balaban J connectivity index is 1.49. The molecule has 0 unspecified atom stereocenters. The Bertz CT molecular complexity index is 1620. The molecule has 0 spiro atoms. The normalized spacial score (nSPS) is 11.6. The van der Waals surface area contributed by atoms with Gasteiger partial charge < -0.3 is 5.32 Å². The molecule has 8 nitrogen and oxygen atoms in total. The van der Waals surface area contributed by atoms with Crippen molar-refractivity contribution in [1.29, 1.82) is 0 Å². The second kappa shape index (κ2) is 10.5. The van der Waals surface area contributed by atoms with Crippen molar-refractivity contribution in [2.45, 2.75) is 9.10 Å². The third kappa shape index (κ3) is 6.00. The average Bonchev–Trinajstić information content (AvgIpc) is 3.38. The first-order chi connectivity index (χ1) is 17.0. The number of rotatable bonds is 8. The Kier molecular flexibility index (Phi) is 7.57. The lowest BCUT2D eigenvalue weighted by Crippen LogP contribution is -2.16. The predicted molar refractivity (Wildman–Crippen MR) is 143 cm³/mol. The first kappa shape index (κ1) is 26.0. The summed E-state index contributed by atoms with van der Waals surface area (Å²) in [7, 11) is -7.83. The summed E-state index contributed by atoms with van der Waals surface area (Å²) in [5, 5.41) is 4.43. The third-order valence-corrected chi connectivity index (χ3v) is 9.71. The van der Waals surface area contributed by atoms with Gasteiger partial charge in [-0.3, -0.25) is 14.2 Å². The van der Waals surface area contributed by atoms with Crippen LogP contribution >= 0.6 is 34.5 Å². The molecule has 0 bridgehead atoms. The molecule has 3 aromatic carbocycles. The summed E-state index contributed by atoms with van der Waals surface area (Å²) in [4.78, 5) is 12.5. The van der Waals surface area contributed by atoms with E-state index in [2.05, 4.69) is 14.8 Å². The van der Waals surface area contributed by atoms with E-state index in [1.165, 1.54) is 60.7 Å². The number of hydrogen-bond acceptors (Lipinski definition) is 6. The van der Waals surface area contributed by atoms with E-state index >= 15 is 0 Å². The zero-order valence-electron chi connectivity index (χ0n) is 18.1. The van der Waals surface area contributed by atoms with E-state index in [1.54, 1.807) is 23.6 Å². The van der Waals surface area contributed by atoms with Gasteiger partial charge in [-0.2, -0.15) is 0 Å². The molecule has 0 aliphatic rings. The largest absolute Gasteiger partial charge is 0.322 e. The van der Waals surface area contributed by atoms with Crippen LogP contribution in [-0.4, -0.2) is 22.7 Å². The number of carbonyl (C=O) groups is 1. The lowest BCUT2D eigenvalue weighted by atomic mass is 10.2. The van der Waals surface area contributed by atoms with Gasteiger partial charge in [-0.25, -0.2) is 16.8 Å². The number of nitrogens with one attached hydrogen (secondary N) is 3. The summed E-state index contributed by atoms with van der Waals surface area (Å²) in [5.74, 6) is -0.535. The zero-order chi connectivity index (χ0) is 25.9. The summed E-state index contributed by atoms with van der Waals surface area (Å²) < 4.78 is 55.5. The van der Waals surface area contributed by atoms with Crippen molar-refractivity contribution >= 4 is 77.6 Å². The predicted octanol–water partition coefficient (Wildman–Crippen LogP) is 5.91. The maximum absolute atomic E-state index is 12.9. The maximum Gasteiger partial charge on any atom is 0.271 e. The fourth-order valence-electron chi connectivity index (χ4n) is 3.05. The van der Waals surface area contributed by atoms with Gasteiger partial charge >= 0.3 is 0 Å². The Labute approximate surface area is 222 Å². The minimum atomic E-state index is -4.11. The van der Waals surface area contributed by atoms with Crippen molar-refractivity contribution < 1.29 is 21.6 Å². The van der Waals surface area contributed by atoms with Gasteiger partial charge in [-0.1, -0.05) is 41.4 Å². The first-order valence-corrected chi connectivity index (χ1v) is 14.7. The molecule has 3 N–H and O–H groups in total. The SMILES string of the molecule is O=C(Nc1ccc(Cl)c(S(=O)(=O)Nc2ccccc2Cl)c1)c1ccc(NS(=O)(=O)c2cccs2)cc1. The van der Waals surface area contributed by atoms with Gasteiger partial charge in [-0.15, -0.1) is 11.3 Å². The number of halogens is 2. The van der Waals surface area contributed by atoms with Crippen LogP contribution in [0.2, 0.25) is 10.0 Å². The van der Waals surface area contributed by atoms with Crippen molar-refractivity contribution in [3.05, 3.63) is 99.9 Å². The zero-order valence-corrected chi connectivity index (χ0v) is 22.1. The van der Waals surface area contributed by atoms with E-state index in [4.69, 9.17) is 23.2 Å². The van der Waals surface area contributed by atoms with E-state index in [-0.39, 0.29) is 41.8 Å². The second-order valence-corrected chi connectivity index (χ2v) is 12.6. The van der Waals surface area contributed by atoms with Crippen LogP contribution in [0.3, 0.4) is 0 Å². The van der Waals surface area contributed by atoms with Crippen molar-refractivity contribution in [2.75, 3.05) is 14.8 Å². The van der Waals surface area contributed by atoms with Gasteiger partial charge in [0.1, 0.15) is 9.10 Å². The van der Waals surface area contributed by atoms with Crippen LogP contribution in [0.5, 0.6) is 0 Å². The number of hydrogen-bond donors (Lipinski definition) is 3. The molecule has 1 amide bonds. The van der Waals surface area contributed by atoms with Gasteiger partial charge in [0.2, 0.25) is 0 Å². The molecule has 36 heavy (non-hydrogen) atoms. The maximum atomic E-state index is 12.9. The fourth-order valence-corrected chi connectivity index (χ4v) is 6.94. The van der Waals surface area contributed by atoms with Crippen molar-refractivity contribution in [3.8, 4) is 0 Å². The quantitative estimate of drug-likeness (QED) is 0.239.